The molecule has 146 valence electrons. The number of halogens is 1. The molecule has 3 atom stereocenters. The number of ether oxygens (including phenoxy) is 1. The second-order valence-corrected chi connectivity index (χ2v) is 8.70. The number of benzene rings is 2. The van der Waals surface area contributed by atoms with Crippen molar-refractivity contribution in [2.75, 3.05) is 6.54 Å². The normalized spacial score (nSPS) is 29.4. The first-order chi connectivity index (χ1) is 13.6. The Morgan fingerprint density at radius 2 is 1.82 bits per heavy atom. The summed E-state index contributed by atoms with van der Waals surface area (Å²) in [6.07, 6.45) is 4.01. The van der Waals surface area contributed by atoms with Crippen LogP contribution in [-0.4, -0.2) is 34.7 Å². The summed E-state index contributed by atoms with van der Waals surface area (Å²) in [7, 11) is 0. The Labute approximate surface area is 170 Å². The number of fused-ring (bicyclic) bond motifs is 1. The van der Waals surface area contributed by atoms with Crippen molar-refractivity contribution in [3.63, 3.8) is 0 Å². The van der Waals surface area contributed by atoms with Crippen LogP contribution in [0, 0.1) is 5.92 Å². The summed E-state index contributed by atoms with van der Waals surface area (Å²) in [5.74, 6) is 0.554. The second-order valence-electron chi connectivity index (χ2n) is 8.26. The van der Waals surface area contributed by atoms with Crippen molar-refractivity contribution in [1.29, 1.82) is 0 Å². The third kappa shape index (κ3) is 2.95. The van der Waals surface area contributed by atoms with E-state index in [2.05, 4.69) is 0 Å². The molecule has 0 bridgehead atoms. The lowest BCUT2D eigenvalue weighted by molar-refractivity contribution is -0.145. The second kappa shape index (κ2) is 6.87. The zero-order chi connectivity index (χ0) is 19.3. The minimum Gasteiger partial charge on any atom is -0.393 e. The molecule has 1 N–H and O–H groups in total. The Kier molecular flexibility index (Phi) is 4.46. The minimum atomic E-state index is -0.963. The number of carbonyl (C=O) groups is 1. The van der Waals surface area contributed by atoms with Crippen molar-refractivity contribution in [1.82, 2.24) is 4.90 Å². The van der Waals surface area contributed by atoms with Gasteiger partial charge in [0.25, 0.3) is 5.91 Å². The highest BCUT2D eigenvalue weighted by atomic mass is 35.5. The van der Waals surface area contributed by atoms with Crippen molar-refractivity contribution in [3.05, 3.63) is 70.2 Å². The Hall–Kier alpha value is -1.88. The van der Waals surface area contributed by atoms with Crippen LogP contribution in [-0.2, 0) is 10.5 Å². The molecule has 0 spiro atoms. The van der Waals surface area contributed by atoms with E-state index in [1.165, 1.54) is 0 Å². The molecular formula is C23H24ClNO3. The molecule has 2 saturated carbocycles. The van der Waals surface area contributed by atoms with E-state index in [4.69, 9.17) is 16.3 Å². The SMILES string of the molecule is O=C1c2ccccc2C(OC2CCC(O)C2)(c2ccc(Cl)cc2)N1CC1CC1. The van der Waals surface area contributed by atoms with E-state index in [-0.39, 0.29) is 18.1 Å². The van der Waals surface area contributed by atoms with Crippen molar-refractivity contribution < 1.29 is 14.6 Å². The van der Waals surface area contributed by atoms with Gasteiger partial charge >= 0.3 is 0 Å². The number of carbonyl (C=O) groups excluding carboxylic acids is 1. The average Bonchev–Trinajstić information content (AvgIpc) is 3.39. The van der Waals surface area contributed by atoms with Crippen LogP contribution in [0.2, 0.25) is 5.02 Å². The highest BCUT2D eigenvalue weighted by Gasteiger charge is 2.54. The summed E-state index contributed by atoms with van der Waals surface area (Å²) in [6.45, 7) is 0.686. The number of aliphatic hydroxyl groups is 1. The number of rotatable bonds is 5. The predicted molar refractivity (Wildman–Crippen MR) is 107 cm³/mol. The monoisotopic (exact) mass is 397 g/mol. The van der Waals surface area contributed by atoms with Gasteiger partial charge in [-0.2, -0.15) is 0 Å². The van der Waals surface area contributed by atoms with Crippen LogP contribution in [0.1, 0.15) is 53.6 Å². The van der Waals surface area contributed by atoms with Gasteiger partial charge < -0.3 is 14.7 Å². The quantitative estimate of drug-likeness (QED) is 0.816. The van der Waals surface area contributed by atoms with Gasteiger partial charge in [-0.15, -0.1) is 0 Å². The maximum Gasteiger partial charge on any atom is 0.257 e. The first-order valence-corrected chi connectivity index (χ1v) is 10.5. The molecule has 1 heterocycles. The van der Waals surface area contributed by atoms with E-state index in [0.717, 1.165) is 36.8 Å². The van der Waals surface area contributed by atoms with Gasteiger partial charge in [0, 0.05) is 28.3 Å². The third-order valence-electron chi connectivity index (χ3n) is 6.22. The van der Waals surface area contributed by atoms with Gasteiger partial charge in [-0.05, 0) is 56.2 Å². The van der Waals surface area contributed by atoms with Crippen LogP contribution in [0.5, 0.6) is 0 Å². The molecule has 28 heavy (non-hydrogen) atoms. The lowest BCUT2D eigenvalue weighted by Gasteiger charge is -2.41. The number of hydrogen-bond donors (Lipinski definition) is 1. The van der Waals surface area contributed by atoms with Crippen LogP contribution in [0.25, 0.3) is 0 Å². The van der Waals surface area contributed by atoms with E-state index < -0.39 is 5.72 Å². The van der Waals surface area contributed by atoms with Crippen LogP contribution >= 0.6 is 11.6 Å². The van der Waals surface area contributed by atoms with Crippen molar-refractivity contribution >= 4 is 17.5 Å². The molecular weight excluding hydrogens is 374 g/mol. The molecule has 2 aliphatic carbocycles. The highest BCUT2D eigenvalue weighted by molar-refractivity contribution is 6.30. The third-order valence-corrected chi connectivity index (χ3v) is 6.47. The van der Waals surface area contributed by atoms with E-state index in [1.807, 2.05) is 53.4 Å². The molecule has 5 heteroatoms. The maximum atomic E-state index is 13.4. The van der Waals surface area contributed by atoms with E-state index in [9.17, 15) is 9.90 Å². The Bertz CT molecular complexity index is 895. The standard InChI is InChI=1S/C23H24ClNO3/c24-17-9-7-16(8-10-17)23(28-19-12-11-18(26)13-19)21-4-2-1-3-20(21)22(27)25(23)14-15-5-6-15/h1-4,7-10,15,18-19,26H,5-6,11-14H2. The first-order valence-electron chi connectivity index (χ1n) is 10.1. The molecule has 1 aliphatic heterocycles. The summed E-state index contributed by atoms with van der Waals surface area (Å²) in [5.41, 5.74) is 1.55. The summed E-state index contributed by atoms with van der Waals surface area (Å²) < 4.78 is 6.80. The van der Waals surface area contributed by atoms with Gasteiger partial charge in [0.15, 0.2) is 5.72 Å². The summed E-state index contributed by atoms with van der Waals surface area (Å²) in [4.78, 5) is 15.3. The minimum absolute atomic E-state index is 0.0241. The van der Waals surface area contributed by atoms with Gasteiger partial charge in [0.1, 0.15) is 0 Å². The van der Waals surface area contributed by atoms with Crippen molar-refractivity contribution in [2.45, 2.75) is 50.0 Å². The zero-order valence-electron chi connectivity index (χ0n) is 15.7. The van der Waals surface area contributed by atoms with Crippen LogP contribution in [0.3, 0.4) is 0 Å². The Morgan fingerprint density at radius 1 is 1.07 bits per heavy atom. The van der Waals surface area contributed by atoms with Gasteiger partial charge in [-0.3, -0.25) is 4.79 Å². The summed E-state index contributed by atoms with van der Waals surface area (Å²) >= 11 is 6.16. The summed E-state index contributed by atoms with van der Waals surface area (Å²) in [6, 6.07) is 15.4. The fraction of sp³-hybridized carbons (Fsp3) is 0.435. The number of hydrogen-bond acceptors (Lipinski definition) is 3. The molecule has 2 fully saturated rings. The van der Waals surface area contributed by atoms with E-state index in [0.29, 0.717) is 29.5 Å². The molecule has 5 rings (SSSR count). The van der Waals surface area contributed by atoms with Gasteiger partial charge in [0.05, 0.1) is 12.2 Å². The zero-order valence-corrected chi connectivity index (χ0v) is 16.4. The average molecular weight is 398 g/mol. The lowest BCUT2D eigenvalue weighted by atomic mass is 9.93. The molecule has 3 aliphatic rings. The van der Waals surface area contributed by atoms with E-state index >= 15 is 0 Å². The van der Waals surface area contributed by atoms with Crippen molar-refractivity contribution in [2.24, 2.45) is 5.92 Å². The maximum absolute atomic E-state index is 13.4. The number of nitrogens with zero attached hydrogens (tertiary/aromatic N) is 1. The topological polar surface area (TPSA) is 49.8 Å². The van der Waals surface area contributed by atoms with Crippen LogP contribution in [0.15, 0.2) is 48.5 Å². The van der Waals surface area contributed by atoms with E-state index in [1.54, 1.807) is 0 Å². The lowest BCUT2D eigenvalue weighted by Crippen LogP contribution is -2.49. The molecule has 4 nitrogen and oxygen atoms in total. The van der Waals surface area contributed by atoms with Gasteiger partial charge in [-0.25, -0.2) is 0 Å². The first kappa shape index (κ1) is 18.2. The molecule has 0 aromatic heterocycles. The highest BCUT2D eigenvalue weighted by Crippen LogP contribution is 2.49. The molecule has 0 radical (unpaired) electrons. The van der Waals surface area contributed by atoms with Crippen LogP contribution in [0.4, 0.5) is 0 Å². The fourth-order valence-electron chi connectivity index (χ4n) is 4.62. The molecule has 2 aromatic rings. The molecule has 2 aromatic carbocycles. The smallest absolute Gasteiger partial charge is 0.257 e. The number of amides is 1. The molecule has 3 unspecified atom stereocenters. The molecule has 0 saturated heterocycles. The van der Waals surface area contributed by atoms with Gasteiger partial charge in [-0.1, -0.05) is 41.9 Å². The predicted octanol–water partition coefficient (Wildman–Crippen LogP) is 4.34. The fourth-order valence-corrected chi connectivity index (χ4v) is 4.74. The van der Waals surface area contributed by atoms with Crippen molar-refractivity contribution in [3.8, 4) is 0 Å². The largest absolute Gasteiger partial charge is 0.393 e. The Balaban J connectivity index is 1.67. The summed E-state index contributed by atoms with van der Waals surface area (Å²) in [5, 5.41) is 10.7. The van der Waals surface area contributed by atoms with Gasteiger partial charge in [0.2, 0.25) is 0 Å². The molecule has 1 amide bonds. The number of aliphatic hydroxyl groups excluding tert-OH is 1. The van der Waals surface area contributed by atoms with Crippen LogP contribution < -0.4 is 0 Å². The Morgan fingerprint density at radius 3 is 2.50 bits per heavy atom.